The number of halogens is 5. The Morgan fingerprint density at radius 1 is 1.17 bits per heavy atom. The fraction of sp³-hybridized carbons (Fsp3) is 0.267. The summed E-state index contributed by atoms with van der Waals surface area (Å²) in [6.45, 7) is 3.21. The first-order valence-corrected chi connectivity index (χ1v) is 9.47. The van der Waals surface area contributed by atoms with E-state index in [1.165, 1.54) is 4.72 Å². The first-order valence-electron chi connectivity index (χ1n) is 7.61. The second-order valence-corrected chi connectivity index (χ2v) is 7.68. The number of benzene rings is 1. The van der Waals surface area contributed by atoms with E-state index in [9.17, 15) is 30.8 Å². The normalized spacial score (nSPS) is 12.0. The van der Waals surface area contributed by atoms with Gasteiger partial charge in [0.25, 0.3) is 10.0 Å². The van der Waals surface area contributed by atoms with E-state index in [1.54, 1.807) is 19.9 Å². The van der Waals surface area contributed by atoms with E-state index in [0.717, 1.165) is 6.07 Å². The largest absolute Gasteiger partial charge is 0.461 e. The Morgan fingerprint density at radius 2 is 1.76 bits per heavy atom. The Hall–Kier alpha value is -2.67. The Kier molecular flexibility index (Phi) is 6.53. The maximum Gasteiger partial charge on any atom is 0.461 e. The quantitative estimate of drug-likeness (QED) is 0.644. The molecule has 0 aliphatic carbocycles. The molecule has 2 amide bonds. The predicted octanol–water partition coefficient (Wildman–Crippen LogP) is 3.49. The second kappa shape index (κ2) is 8.37. The number of nitrogens with one attached hydrogen (secondary N) is 2. The number of carbonyl (C=O) groups is 1. The number of alkyl halides is 4. The van der Waals surface area contributed by atoms with Crippen molar-refractivity contribution in [1.29, 1.82) is 0 Å². The van der Waals surface area contributed by atoms with Gasteiger partial charge < -0.3 is 4.74 Å². The lowest BCUT2D eigenvalue weighted by Gasteiger charge is -2.19. The van der Waals surface area contributed by atoms with E-state index in [-0.39, 0.29) is 11.0 Å². The van der Waals surface area contributed by atoms with Gasteiger partial charge in [-0.05, 0) is 38.1 Å². The summed E-state index contributed by atoms with van der Waals surface area (Å²) in [5.41, 5.74) is 0.964. The fourth-order valence-electron chi connectivity index (χ4n) is 2.05. The van der Waals surface area contributed by atoms with Gasteiger partial charge >= 0.3 is 18.6 Å². The summed E-state index contributed by atoms with van der Waals surface area (Å²) in [6.07, 6.45) is -9.21. The smallest absolute Gasteiger partial charge is 0.427 e. The van der Waals surface area contributed by atoms with Crippen molar-refractivity contribution in [3.05, 3.63) is 40.7 Å². The summed E-state index contributed by atoms with van der Waals surface area (Å²) >= 11 is 5.65. The van der Waals surface area contributed by atoms with E-state index >= 15 is 0 Å². The zero-order valence-corrected chi connectivity index (χ0v) is 16.3. The molecule has 2 N–H and O–H groups in total. The number of carbonyl (C=O) groups excluding carboxylic acids is 1. The highest BCUT2D eigenvalue weighted by Gasteiger charge is 2.45. The number of ether oxygens (including phenoxy) is 1. The lowest BCUT2D eigenvalue weighted by molar-refractivity contribution is -0.254. The molecule has 0 aliphatic rings. The van der Waals surface area contributed by atoms with Crippen molar-refractivity contribution in [3.63, 3.8) is 0 Å². The summed E-state index contributed by atoms with van der Waals surface area (Å²) in [7, 11) is -4.86. The summed E-state index contributed by atoms with van der Waals surface area (Å²) < 4.78 is 81.4. The van der Waals surface area contributed by atoms with Crippen molar-refractivity contribution in [1.82, 2.24) is 14.7 Å². The molecule has 0 fully saturated rings. The maximum atomic E-state index is 13.2. The molecule has 14 heteroatoms. The average molecular weight is 457 g/mol. The maximum absolute atomic E-state index is 13.2. The lowest BCUT2D eigenvalue weighted by atomic mass is 10.3. The highest BCUT2D eigenvalue weighted by Crippen LogP contribution is 2.33. The molecule has 0 aliphatic heterocycles. The molecule has 0 radical (unpaired) electrons. The topological polar surface area (TPSA) is 110 Å². The summed E-state index contributed by atoms with van der Waals surface area (Å²) in [5.74, 6) is -1.36. The van der Waals surface area contributed by atoms with Gasteiger partial charge in [0.15, 0.2) is 0 Å². The molecule has 0 atom stereocenters. The molecular weight excluding hydrogens is 444 g/mol. The van der Waals surface area contributed by atoms with E-state index < -0.39 is 39.2 Å². The molecular formula is C15H13ClF4N4O4S. The average Bonchev–Trinajstić information content (AvgIpc) is 2.54. The first kappa shape index (κ1) is 22.6. The number of sulfonamides is 1. The molecule has 2 rings (SSSR count). The molecule has 0 spiro atoms. The van der Waals surface area contributed by atoms with Crippen molar-refractivity contribution >= 4 is 33.6 Å². The molecule has 1 aromatic heterocycles. The van der Waals surface area contributed by atoms with Crippen LogP contribution in [0, 0.1) is 13.8 Å². The van der Waals surface area contributed by atoms with Crippen LogP contribution in [0.5, 0.6) is 5.75 Å². The molecule has 158 valence electrons. The highest BCUT2D eigenvalue weighted by molar-refractivity contribution is 7.90. The summed E-state index contributed by atoms with van der Waals surface area (Å²) in [5, 5.41) is 1.82. The second-order valence-electron chi connectivity index (χ2n) is 5.59. The minimum absolute atomic E-state index is 0.220. The summed E-state index contributed by atoms with van der Waals surface area (Å²) in [4.78, 5) is 18.7. The molecule has 0 bridgehead atoms. The van der Waals surface area contributed by atoms with E-state index in [1.807, 2.05) is 0 Å². The van der Waals surface area contributed by atoms with E-state index in [0.29, 0.717) is 23.5 Å². The third-order valence-electron chi connectivity index (χ3n) is 3.13. The van der Waals surface area contributed by atoms with Gasteiger partial charge in [-0.15, -0.1) is 0 Å². The number of anilines is 1. The Balaban J connectivity index is 2.30. The number of rotatable bonds is 6. The third-order valence-corrected chi connectivity index (χ3v) is 4.72. The predicted molar refractivity (Wildman–Crippen MR) is 93.9 cm³/mol. The number of hydrogen-bond donors (Lipinski definition) is 2. The standard InChI is InChI=1S/C15H13ClF4N4O4S/c1-7-5-8(2)22-13(21-7)23-14(25)24-29(26,27)11-6-9(16)3-4-10(11)28-15(19,20)12(17)18/h3-6,12H,1-2H3,(H2,21,22,23,24,25). The molecule has 0 saturated heterocycles. The number of amides is 2. The number of urea groups is 1. The van der Waals surface area contributed by atoms with Crippen LogP contribution in [0.4, 0.5) is 28.3 Å². The van der Waals surface area contributed by atoms with Crippen molar-refractivity contribution in [2.75, 3.05) is 5.32 Å². The molecule has 1 heterocycles. The van der Waals surface area contributed by atoms with Gasteiger partial charge in [0.05, 0.1) is 0 Å². The lowest BCUT2D eigenvalue weighted by Crippen LogP contribution is -2.37. The molecule has 1 aromatic carbocycles. The molecule has 29 heavy (non-hydrogen) atoms. The van der Waals surface area contributed by atoms with Crippen LogP contribution in [-0.2, 0) is 10.0 Å². The zero-order chi connectivity index (χ0) is 22.0. The minimum Gasteiger partial charge on any atom is -0.427 e. The van der Waals surface area contributed by atoms with Gasteiger partial charge in [0, 0.05) is 16.4 Å². The van der Waals surface area contributed by atoms with Crippen LogP contribution in [0.2, 0.25) is 5.02 Å². The van der Waals surface area contributed by atoms with Crippen molar-refractivity contribution in [2.45, 2.75) is 31.3 Å². The molecule has 0 unspecified atom stereocenters. The summed E-state index contributed by atoms with van der Waals surface area (Å²) in [6, 6.07) is 2.51. The van der Waals surface area contributed by atoms with E-state index in [2.05, 4.69) is 20.0 Å². The van der Waals surface area contributed by atoms with Crippen LogP contribution in [0.25, 0.3) is 0 Å². The van der Waals surface area contributed by atoms with Gasteiger partial charge in [0.2, 0.25) is 5.95 Å². The number of aryl methyl sites for hydroxylation is 2. The van der Waals surface area contributed by atoms with Gasteiger partial charge in [-0.3, -0.25) is 5.32 Å². The van der Waals surface area contributed by atoms with E-state index in [4.69, 9.17) is 11.6 Å². The Morgan fingerprint density at radius 3 is 2.31 bits per heavy atom. The van der Waals surface area contributed by atoms with Crippen LogP contribution in [0.3, 0.4) is 0 Å². The third kappa shape index (κ3) is 5.90. The minimum atomic E-state index is -4.98. The van der Waals surface area contributed by atoms with Crippen LogP contribution in [0.15, 0.2) is 29.2 Å². The van der Waals surface area contributed by atoms with Crippen LogP contribution in [-0.4, -0.2) is 37.0 Å². The van der Waals surface area contributed by atoms with Crippen molar-refractivity contribution in [3.8, 4) is 5.75 Å². The van der Waals surface area contributed by atoms with Gasteiger partial charge in [-0.2, -0.15) is 17.6 Å². The van der Waals surface area contributed by atoms with Crippen molar-refractivity contribution in [2.24, 2.45) is 0 Å². The Labute approximate surface area is 167 Å². The number of nitrogens with zero attached hydrogens (tertiary/aromatic N) is 2. The van der Waals surface area contributed by atoms with Gasteiger partial charge in [-0.25, -0.2) is 27.9 Å². The number of aromatic nitrogens is 2. The first-order chi connectivity index (χ1) is 13.3. The fourth-order valence-corrected chi connectivity index (χ4v) is 3.35. The Bertz CT molecular complexity index is 1020. The van der Waals surface area contributed by atoms with Crippen LogP contribution >= 0.6 is 11.6 Å². The SMILES string of the molecule is Cc1cc(C)nc(NC(=O)NS(=O)(=O)c2cc(Cl)ccc2OC(F)(F)C(F)F)n1. The zero-order valence-electron chi connectivity index (χ0n) is 14.7. The molecule has 2 aromatic rings. The monoisotopic (exact) mass is 456 g/mol. The molecule has 0 saturated carbocycles. The van der Waals surface area contributed by atoms with Crippen molar-refractivity contribution < 1.29 is 35.5 Å². The highest BCUT2D eigenvalue weighted by atomic mass is 35.5. The molecule has 8 nitrogen and oxygen atoms in total. The van der Waals surface area contributed by atoms with Crippen LogP contribution < -0.4 is 14.8 Å². The van der Waals surface area contributed by atoms with Gasteiger partial charge in [0.1, 0.15) is 10.6 Å². The number of hydrogen-bond acceptors (Lipinski definition) is 6. The van der Waals surface area contributed by atoms with Gasteiger partial charge in [-0.1, -0.05) is 11.6 Å². The van der Waals surface area contributed by atoms with Crippen LogP contribution in [0.1, 0.15) is 11.4 Å².